The third-order valence-corrected chi connectivity index (χ3v) is 0.997. The van der Waals surface area contributed by atoms with Crippen LogP contribution in [0.5, 0.6) is 0 Å². The summed E-state index contributed by atoms with van der Waals surface area (Å²) in [6, 6.07) is 0. The molecule has 0 heterocycles. The Bertz CT molecular complexity index is 89.3. The summed E-state index contributed by atoms with van der Waals surface area (Å²) in [5.41, 5.74) is 0. The van der Waals surface area contributed by atoms with E-state index in [0.29, 0.717) is 0 Å². The fourth-order valence-corrected chi connectivity index (χ4v) is 0.514. The molecule has 0 spiro atoms. The second-order valence-electron chi connectivity index (χ2n) is 1.81. The van der Waals surface area contributed by atoms with Gasteiger partial charge < -0.3 is 0 Å². The van der Waals surface area contributed by atoms with Crippen molar-refractivity contribution in [1.82, 2.24) is 0 Å². The van der Waals surface area contributed by atoms with Crippen LogP contribution < -0.4 is 0 Å². The topological polar surface area (TPSA) is 0 Å². The standard InChI is InChI=1S/C8H16/c1-3-5-7-8-6-4-2/h5,7H,3-4,6,8H2,1-2H3/b7-5+/i1D,3D. The van der Waals surface area contributed by atoms with E-state index >= 15 is 0 Å². The molecule has 0 aromatic rings. The van der Waals surface area contributed by atoms with E-state index in [4.69, 9.17) is 2.74 Å². The second kappa shape index (κ2) is 6.74. The fraction of sp³-hybridized carbons (Fsp3) is 0.750. The van der Waals surface area contributed by atoms with Crippen molar-refractivity contribution in [2.45, 2.75) is 39.5 Å². The van der Waals surface area contributed by atoms with Crippen molar-refractivity contribution in [3.8, 4) is 0 Å². The van der Waals surface area contributed by atoms with Gasteiger partial charge in [0.15, 0.2) is 0 Å². The highest BCUT2D eigenvalue weighted by molar-refractivity contribution is 4.79. The molecule has 0 aliphatic carbocycles. The molecule has 1 unspecified atom stereocenters. The first-order chi connectivity index (χ1) is 4.81. The Kier molecular flexibility index (Phi) is 3.88. The molecule has 0 rings (SSSR count). The van der Waals surface area contributed by atoms with E-state index in [1.54, 1.807) is 0 Å². The average molecular weight is 114 g/mol. The maximum absolute atomic E-state index is 7.18. The summed E-state index contributed by atoms with van der Waals surface area (Å²) in [6.45, 7) is 2.33. The molecular formula is C8H16. The molecule has 0 aliphatic rings. The Morgan fingerprint density at radius 3 is 3.12 bits per heavy atom. The van der Waals surface area contributed by atoms with Gasteiger partial charge in [-0.1, -0.05) is 38.8 Å². The molecule has 0 radical (unpaired) electrons. The summed E-state index contributed by atoms with van der Waals surface area (Å²) in [6.07, 6.45) is 6.97. The molecule has 0 aliphatic heterocycles. The van der Waals surface area contributed by atoms with Crippen molar-refractivity contribution in [3.05, 3.63) is 12.2 Å². The molecule has 0 saturated carbocycles. The van der Waals surface area contributed by atoms with Crippen LogP contribution in [0.15, 0.2) is 12.2 Å². The van der Waals surface area contributed by atoms with Crippen LogP contribution in [-0.2, 0) is 0 Å². The average Bonchev–Trinajstić information content (AvgIpc) is 1.98. The van der Waals surface area contributed by atoms with Gasteiger partial charge in [-0.25, -0.2) is 0 Å². The number of allylic oxidation sites excluding steroid dienone is 2. The van der Waals surface area contributed by atoms with Crippen molar-refractivity contribution < 1.29 is 2.74 Å². The van der Waals surface area contributed by atoms with Crippen LogP contribution in [0.2, 0.25) is 0 Å². The first kappa shape index (κ1) is 4.60. The van der Waals surface area contributed by atoms with Crippen molar-refractivity contribution in [3.63, 3.8) is 0 Å². The normalized spacial score (nSPS) is 18.1. The highest BCUT2D eigenvalue weighted by Crippen LogP contribution is 1.94. The van der Waals surface area contributed by atoms with Gasteiger partial charge in [0.1, 0.15) is 0 Å². The highest BCUT2D eigenvalue weighted by Gasteiger charge is 1.74. The van der Waals surface area contributed by atoms with Gasteiger partial charge in [0, 0.05) is 2.74 Å². The van der Waals surface area contributed by atoms with Crippen molar-refractivity contribution >= 4 is 0 Å². The van der Waals surface area contributed by atoms with Crippen LogP contribution in [-0.4, -0.2) is 0 Å². The van der Waals surface area contributed by atoms with Gasteiger partial charge in [-0.3, -0.25) is 0 Å². The van der Waals surface area contributed by atoms with Gasteiger partial charge in [0.05, 0.1) is 0 Å². The van der Waals surface area contributed by atoms with Crippen molar-refractivity contribution in [1.29, 1.82) is 0 Å². The maximum atomic E-state index is 7.18. The smallest absolute Gasteiger partial charge is 0.0307 e. The summed E-state index contributed by atoms with van der Waals surface area (Å²) in [5, 5.41) is 0. The zero-order valence-electron chi connectivity index (χ0n) is 7.56. The lowest BCUT2D eigenvalue weighted by atomic mass is 10.2. The molecule has 0 heteroatoms. The number of rotatable bonds is 4. The first-order valence-corrected chi connectivity index (χ1v) is 3.19. The van der Waals surface area contributed by atoms with Crippen LogP contribution in [0.3, 0.4) is 0 Å². The largest absolute Gasteiger partial charge is 0.0888 e. The summed E-state index contributed by atoms with van der Waals surface area (Å²) < 4.78 is 14.0. The summed E-state index contributed by atoms with van der Waals surface area (Å²) in [7, 11) is 0. The maximum Gasteiger partial charge on any atom is 0.0307 e. The fourth-order valence-electron chi connectivity index (χ4n) is 0.514. The molecular weight excluding hydrogens is 96.1 g/mol. The number of hydrogen-bond donors (Lipinski definition) is 0. The quantitative estimate of drug-likeness (QED) is 0.389. The lowest BCUT2D eigenvalue weighted by Gasteiger charge is -1.85. The van der Waals surface area contributed by atoms with Crippen LogP contribution in [0.25, 0.3) is 0 Å². The van der Waals surface area contributed by atoms with Crippen molar-refractivity contribution in [2.24, 2.45) is 0 Å². The Morgan fingerprint density at radius 2 is 2.50 bits per heavy atom. The first-order valence-electron chi connectivity index (χ1n) is 4.47. The van der Waals surface area contributed by atoms with Gasteiger partial charge in [0.2, 0.25) is 0 Å². The minimum absolute atomic E-state index is 0.183. The molecule has 48 valence electrons. The van der Waals surface area contributed by atoms with E-state index in [9.17, 15) is 0 Å². The molecule has 0 nitrogen and oxygen atoms in total. The number of unbranched alkanes of at least 4 members (excludes halogenated alkanes) is 2. The van der Waals surface area contributed by atoms with Gasteiger partial charge in [-0.2, -0.15) is 0 Å². The summed E-state index contributed by atoms with van der Waals surface area (Å²) in [4.78, 5) is 0. The molecule has 0 fully saturated rings. The van der Waals surface area contributed by atoms with E-state index in [2.05, 4.69) is 6.92 Å². The summed E-state index contributed by atoms with van der Waals surface area (Å²) >= 11 is 0. The van der Waals surface area contributed by atoms with Gasteiger partial charge in [-0.15, -0.1) is 0 Å². The third kappa shape index (κ3) is 5.74. The predicted molar refractivity (Wildman–Crippen MR) is 39.0 cm³/mol. The zero-order chi connectivity index (χ0) is 7.82. The Morgan fingerprint density at radius 1 is 1.62 bits per heavy atom. The Hall–Kier alpha value is -0.260. The third-order valence-electron chi connectivity index (χ3n) is 0.997. The molecule has 0 saturated heterocycles. The monoisotopic (exact) mass is 114 g/mol. The second-order valence-corrected chi connectivity index (χ2v) is 1.81. The van der Waals surface area contributed by atoms with E-state index in [0.717, 1.165) is 6.42 Å². The zero-order valence-corrected chi connectivity index (χ0v) is 5.56. The van der Waals surface area contributed by atoms with Gasteiger partial charge >= 0.3 is 0 Å². The predicted octanol–water partition coefficient (Wildman–Crippen LogP) is 3.14. The Labute approximate surface area is 55.4 Å². The van der Waals surface area contributed by atoms with Crippen LogP contribution in [0.4, 0.5) is 0 Å². The highest BCUT2D eigenvalue weighted by atomic mass is 13.8. The van der Waals surface area contributed by atoms with Gasteiger partial charge in [0.25, 0.3) is 0 Å². The lowest BCUT2D eigenvalue weighted by molar-refractivity contribution is 0.812. The van der Waals surface area contributed by atoms with E-state index in [1.807, 2.05) is 12.2 Å². The van der Waals surface area contributed by atoms with Crippen LogP contribution in [0.1, 0.15) is 42.2 Å². The minimum atomic E-state index is -0.308. The summed E-state index contributed by atoms with van der Waals surface area (Å²) in [5.74, 6) is 0. The SMILES string of the molecule is [2H]CC([2H])/C=C/CCCC. The van der Waals surface area contributed by atoms with Crippen LogP contribution in [0, 0.1) is 0 Å². The molecule has 0 aromatic heterocycles. The number of hydrogen-bond acceptors (Lipinski definition) is 0. The molecule has 0 N–H and O–H groups in total. The van der Waals surface area contributed by atoms with Crippen molar-refractivity contribution in [2.75, 3.05) is 0 Å². The lowest BCUT2D eigenvalue weighted by Crippen LogP contribution is -1.65. The minimum Gasteiger partial charge on any atom is -0.0888 e. The van der Waals surface area contributed by atoms with Gasteiger partial charge in [-0.05, 0) is 12.8 Å². The van der Waals surface area contributed by atoms with E-state index < -0.39 is 0 Å². The van der Waals surface area contributed by atoms with E-state index in [1.165, 1.54) is 12.8 Å². The molecule has 8 heavy (non-hydrogen) atoms. The van der Waals surface area contributed by atoms with E-state index in [-0.39, 0.29) is 13.3 Å². The van der Waals surface area contributed by atoms with Crippen LogP contribution >= 0.6 is 0 Å². The molecule has 0 bridgehead atoms. The molecule has 0 amide bonds. The molecule has 1 atom stereocenters. The molecule has 0 aromatic carbocycles. The Balaban J connectivity index is 3.18.